The summed E-state index contributed by atoms with van der Waals surface area (Å²) in [4.78, 5) is 2.75. The summed E-state index contributed by atoms with van der Waals surface area (Å²) in [6.45, 7) is 4.46. The average Bonchev–Trinajstić information content (AvgIpc) is 2.70. The minimum Gasteiger partial charge on any atom is -0.200 e. The maximum Gasteiger partial charge on any atom is 0.222 e. The quantitative estimate of drug-likeness (QED) is 0.210. The Hall–Kier alpha value is -2.84. The molecule has 4 aromatic carbocycles. The van der Waals surface area contributed by atoms with Crippen molar-refractivity contribution < 1.29 is 4.57 Å². The molecule has 0 amide bonds. The fraction of sp³-hybridized carbons (Fsp3) is 0.115. The van der Waals surface area contributed by atoms with Crippen LogP contribution in [0.5, 0.6) is 0 Å². The number of rotatable bonds is 0. The first kappa shape index (κ1) is 16.1. The first-order chi connectivity index (χ1) is 13.6. The molecule has 0 bridgehead atoms. The molecule has 0 saturated carbocycles. The Morgan fingerprint density at radius 1 is 0.786 bits per heavy atom. The molecular formula is C26H20NS+. The van der Waals surface area contributed by atoms with E-state index in [-0.39, 0.29) is 0 Å². The van der Waals surface area contributed by atoms with E-state index in [0.717, 1.165) is 0 Å². The Bertz CT molecular complexity index is 1460. The maximum absolute atomic E-state index is 2.37. The van der Waals surface area contributed by atoms with Crippen molar-refractivity contribution in [2.45, 2.75) is 23.6 Å². The van der Waals surface area contributed by atoms with Crippen LogP contribution in [0.3, 0.4) is 0 Å². The smallest absolute Gasteiger partial charge is 0.200 e. The number of hydrogen-bond acceptors (Lipinski definition) is 1. The van der Waals surface area contributed by atoms with Gasteiger partial charge in [-0.15, -0.1) is 0 Å². The third kappa shape index (κ3) is 2.07. The zero-order chi connectivity index (χ0) is 19.0. The second-order valence-corrected chi connectivity index (χ2v) is 8.92. The summed E-state index contributed by atoms with van der Waals surface area (Å²) in [6.07, 6.45) is 2.20. The summed E-state index contributed by atoms with van der Waals surface area (Å²) in [7, 11) is 2.17. The SMILES string of the molecule is Cc1ccc2cc3cc[n+](C)c4c3c(c2c1)Sc1cc2ccccc2c(C)c1-4. The van der Waals surface area contributed by atoms with Crippen molar-refractivity contribution in [3.63, 3.8) is 0 Å². The molecule has 0 radical (unpaired) electrons. The molecule has 0 aliphatic carbocycles. The van der Waals surface area contributed by atoms with Gasteiger partial charge in [0.25, 0.3) is 0 Å². The van der Waals surface area contributed by atoms with Crippen LogP contribution < -0.4 is 4.57 Å². The van der Waals surface area contributed by atoms with E-state index in [9.17, 15) is 0 Å². The highest BCUT2D eigenvalue weighted by molar-refractivity contribution is 8.00. The van der Waals surface area contributed by atoms with Gasteiger partial charge in [0, 0.05) is 15.9 Å². The molecule has 1 nitrogen and oxygen atoms in total. The van der Waals surface area contributed by atoms with E-state index in [1.807, 2.05) is 11.8 Å². The Labute approximate surface area is 168 Å². The zero-order valence-electron chi connectivity index (χ0n) is 16.2. The molecule has 0 fully saturated rings. The molecule has 0 N–H and O–H groups in total. The standard InChI is InChI=1S/C26H20NS/c1-15-8-9-18-13-19-10-11-27(3)25-23-16(2)20-7-5-4-6-17(20)14-22(23)28-26(24(19)25)21(18)12-15/h4-14H,1-3H3/q+1. The molecule has 5 aromatic rings. The summed E-state index contributed by atoms with van der Waals surface area (Å²) in [5.74, 6) is 0. The van der Waals surface area contributed by atoms with Gasteiger partial charge in [0.1, 0.15) is 7.05 Å². The molecule has 1 aromatic heterocycles. The van der Waals surface area contributed by atoms with Gasteiger partial charge in [0.15, 0.2) is 6.20 Å². The third-order valence-corrected chi connectivity index (χ3v) is 7.24. The Kier molecular flexibility index (Phi) is 3.22. The van der Waals surface area contributed by atoms with Crippen LogP contribution in [0.15, 0.2) is 76.7 Å². The van der Waals surface area contributed by atoms with Gasteiger partial charge in [-0.2, -0.15) is 0 Å². The van der Waals surface area contributed by atoms with Gasteiger partial charge in [-0.1, -0.05) is 59.8 Å². The molecule has 1 aliphatic heterocycles. The van der Waals surface area contributed by atoms with Crippen molar-refractivity contribution in [1.29, 1.82) is 0 Å². The largest absolute Gasteiger partial charge is 0.222 e. The lowest BCUT2D eigenvalue weighted by Crippen LogP contribution is -2.31. The van der Waals surface area contributed by atoms with Crippen LogP contribution in [0.4, 0.5) is 0 Å². The van der Waals surface area contributed by atoms with Crippen LogP contribution in [0.25, 0.3) is 43.6 Å². The van der Waals surface area contributed by atoms with Gasteiger partial charge in [-0.05, 0) is 58.5 Å². The van der Waals surface area contributed by atoms with Crippen molar-refractivity contribution in [1.82, 2.24) is 0 Å². The Morgan fingerprint density at radius 3 is 2.50 bits per heavy atom. The van der Waals surface area contributed by atoms with E-state index >= 15 is 0 Å². The lowest BCUT2D eigenvalue weighted by molar-refractivity contribution is -0.659. The molecule has 6 rings (SSSR count). The lowest BCUT2D eigenvalue weighted by Gasteiger charge is -2.22. The van der Waals surface area contributed by atoms with Crippen LogP contribution in [-0.4, -0.2) is 0 Å². The van der Waals surface area contributed by atoms with E-state index < -0.39 is 0 Å². The van der Waals surface area contributed by atoms with Gasteiger partial charge in [-0.3, -0.25) is 0 Å². The van der Waals surface area contributed by atoms with Gasteiger partial charge < -0.3 is 0 Å². The summed E-state index contributed by atoms with van der Waals surface area (Å²) >= 11 is 1.94. The normalized spacial score (nSPS) is 12.7. The van der Waals surface area contributed by atoms with E-state index in [0.29, 0.717) is 0 Å². The van der Waals surface area contributed by atoms with Crippen molar-refractivity contribution >= 4 is 44.1 Å². The van der Waals surface area contributed by atoms with Crippen LogP contribution in [-0.2, 0) is 7.05 Å². The third-order valence-electron chi connectivity index (χ3n) is 6.07. The first-order valence-corrected chi connectivity index (χ1v) is 10.5. The number of fused-ring (bicyclic) bond motifs is 5. The fourth-order valence-electron chi connectivity index (χ4n) is 4.71. The van der Waals surface area contributed by atoms with Crippen molar-refractivity contribution in [3.8, 4) is 11.3 Å². The summed E-state index contributed by atoms with van der Waals surface area (Å²) < 4.78 is 2.30. The minimum atomic E-state index is 1.31. The van der Waals surface area contributed by atoms with Crippen LogP contribution in [0, 0.1) is 13.8 Å². The molecule has 2 heteroatoms. The number of aryl methyl sites for hydroxylation is 3. The highest BCUT2D eigenvalue weighted by atomic mass is 32.2. The Balaban J connectivity index is 1.86. The predicted molar refractivity (Wildman–Crippen MR) is 119 cm³/mol. The lowest BCUT2D eigenvalue weighted by atomic mass is 9.93. The number of benzene rings is 4. The maximum atomic E-state index is 2.37. The molecule has 1 aliphatic rings. The van der Waals surface area contributed by atoms with Crippen molar-refractivity contribution in [2.75, 3.05) is 0 Å². The Morgan fingerprint density at radius 2 is 1.61 bits per heavy atom. The number of nitrogens with zero attached hydrogens (tertiary/aromatic N) is 1. The van der Waals surface area contributed by atoms with Crippen LogP contribution in [0.2, 0.25) is 0 Å². The van der Waals surface area contributed by atoms with Gasteiger partial charge in [-0.25, -0.2) is 4.57 Å². The van der Waals surface area contributed by atoms with Crippen LogP contribution in [0.1, 0.15) is 11.1 Å². The minimum absolute atomic E-state index is 1.31. The average molecular weight is 379 g/mol. The van der Waals surface area contributed by atoms with E-state index in [1.54, 1.807) is 0 Å². The van der Waals surface area contributed by atoms with Gasteiger partial charge >= 0.3 is 0 Å². The molecule has 0 unspecified atom stereocenters. The van der Waals surface area contributed by atoms with E-state index in [2.05, 4.69) is 92.3 Å². The molecule has 0 atom stereocenters. The molecule has 2 heterocycles. The number of hydrogen-bond donors (Lipinski definition) is 0. The molecule has 28 heavy (non-hydrogen) atoms. The monoisotopic (exact) mass is 378 g/mol. The topological polar surface area (TPSA) is 3.88 Å². The second kappa shape index (κ2) is 5.59. The molecule has 134 valence electrons. The summed E-state index contributed by atoms with van der Waals surface area (Å²) in [5, 5.41) is 8.06. The second-order valence-electron chi connectivity index (χ2n) is 7.87. The first-order valence-electron chi connectivity index (χ1n) is 9.68. The number of aromatic nitrogens is 1. The van der Waals surface area contributed by atoms with Crippen molar-refractivity contribution in [3.05, 3.63) is 78.0 Å². The fourth-order valence-corrected chi connectivity index (χ4v) is 6.07. The zero-order valence-corrected chi connectivity index (χ0v) is 17.0. The van der Waals surface area contributed by atoms with Crippen LogP contribution >= 0.6 is 11.8 Å². The highest BCUT2D eigenvalue weighted by Gasteiger charge is 2.30. The van der Waals surface area contributed by atoms with Gasteiger partial charge in [0.2, 0.25) is 5.69 Å². The van der Waals surface area contributed by atoms with E-state index in [1.165, 1.54) is 64.5 Å². The number of pyridine rings is 1. The molecule has 0 spiro atoms. The van der Waals surface area contributed by atoms with E-state index in [4.69, 9.17) is 0 Å². The summed E-state index contributed by atoms with van der Waals surface area (Å²) in [5.41, 5.74) is 5.41. The van der Waals surface area contributed by atoms with Crippen molar-refractivity contribution in [2.24, 2.45) is 7.05 Å². The molecular weight excluding hydrogens is 358 g/mol. The highest BCUT2D eigenvalue weighted by Crippen LogP contribution is 2.51. The molecule has 0 saturated heterocycles. The summed E-state index contributed by atoms with van der Waals surface area (Å²) in [6, 6.07) is 22.5. The predicted octanol–water partition coefficient (Wildman–Crippen LogP) is 6.72. The van der Waals surface area contributed by atoms with Gasteiger partial charge in [0.05, 0.1) is 10.9 Å².